The fourth-order valence-electron chi connectivity index (χ4n) is 2.55. The van der Waals surface area contributed by atoms with Crippen LogP contribution in [0.1, 0.15) is 43.9 Å². The highest BCUT2D eigenvalue weighted by Crippen LogP contribution is 2.27. The predicted molar refractivity (Wildman–Crippen MR) is 76.5 cm³/mol. The number of hydrogen-bond acceptors (Lipinski definition) is 3. The lowest BCUT2D eigenvalue weighted by atomic mass is 9.96. The Morgan fingerprint density at radius 3 is 2.83 bits per heavy atom. The third-order valence-electron chi connectivity index (χ3n) is 3.54. The van der Waals surface area contributed by atoms with Gasteiger partial charge in [-0.2, -0.15) is 0 Å². The Hall–Kier alpha value is -0.830. The van der Waals surface area contributed by atoms with E-state index in [0.29, 0.717) is 5.88 Å². The first kappa shape index (κ1) is 13.6. The molecule has 100 valence electrons. The van der Waals surface area contributed by atoms with Crippen LogP contribution in [-0.4, -0.2) is 28.9 Å². The maximum Gasteiger partial charge on any atom is 0.135 e. The van der Waals surface area contributed by atoms with Gasteiger partial charge in [0, 0.05) is 30.2 Å². The van der Waals surface area contributed by atoms with Crippen molar-refractivity contribution in [2.24, 2.45) is 0 Å². The fraction of sp³-hybridized carbons (Fsp3) is 0.714. The number of aromatic nitrogens is 2. The summed E-state index contributed by atoms with van der Waals surface area (Å²) in [6.45, 7) is 4.14. The zero-order valence-corrected chi connectivity index (χ0v) is 11.9. The second-order valence-electron chi connectivity index (χ2n) is 4.86. The summed E-state index contributed by atoms with van der Waals surface area (Å²) in [6, 6.07) is 0. The van der Waals surface area contributed by atoms with Gasteiger partial charge in [0.2, 0.25) is 0 Å². The third kappa shape index (κ3) is 3.14. The minimum atomic E-state index is 0.655. The van der Waals surface area contributed by atoms with Crippen LogP contribution in [0.5, 0.6) is 0 Å². The van der Waals surface area contributed by atoms with Gasteiger partial charge < -0.3 is 4.90 Å². The summed E-state index contributed by atoms with van der Waals surface area (Å²) in [4.78, 5) is 11.3. The van der Waals surface area contributed by atoms with E-state index in [1.807, 2.05) is 0 Å². The van der Waals surface area contributed by atoms with Gasteiger partial charge in [0.25, 0.3) is 0 Å². The van der Waals surface area contributed by atoms with Crippen molar-refractivity contribution in [3.8, 4) is 0 Å². The minimum absolute atomic E-state index is 0.655. The van der Waals surface area contributed by atoms with E-state index in [4.69, 9.17) is 11.6 Å². The van der Waals surface area contributed by atoms with E-state index in [2.05, 4.69) is 21.8 Å². The smallest absolute Gasteiger partial charge is 0.135 e. The van der Waals surface area contributed by atoms with Gasteiger partial charge >= 0.3 is 0 Å². The van der Waals surface area contributed by atoms with Crippen LogP contribution < -0.4 is 4.90 Å². The minimum Gasteiger partial charge on any atom is -0.355 e. The average molecular weight is 268 g/mol. The Morgan fingerprint density at radius 1 is 1.22 bits per heavy atom. The standard InChI is InChI=1S/C14H22ClN3/c1-2-3-9-18(10-8-15)14-12-6-4-5-7-13(12)16-11-17-14/h11H,2-10H2,1H3. The van der Waals surface area contributed by atoms with E-state index in [0.717, 1.165) is 31.7 Å². The average Bonchev–Trinajstić information content (AvgIpc) is 2.43. The number of alkyl halides is 1. The highest BCUT2D eigenvalue weighted by Gasteiger charge is 2.19. The molecule has 18 heavy (non-hydrogen) atoms. The Bertz CT molecular complexity index is 381. The Labute approximate surface area is 115 Å². The molecule has 1 aliphatic carbocycles. The highest BCUT2D eigenvalue weighted by molar-refractivity contribution is 6.18. The lowest BCUT2D eigenvalue weighted by Crippen LogP contribution is -2.29. The normalized spacial score (nSPS) is 14.3. The second kappa shape index (κ2) is 6.93. The molecule has 0 spiro atoms. The first-order valence-electron chi connectivity index (χ1n) is 7.00. The van der Waals surface area contributed by atoms with Crippen LogP contribution in [0.15, 0.2) is 6.33 Å². The van der Waals surface area contributed by atoms with Crippen molar-refractivity contribution in [2.75, 3.05) is 23.9 Å². The monoisotopic (exact) mass is 267 g/mol. The molecular formula is C14H22ClN3. The van der Waals surface area contributed by atoms with Crippen LogP contribution in [-0.2, 0) is 12.8 Å². The summed E-state index contributed by atoms with van der Waals surface area (Å²) in [5.41, 5.74) is 2.62. The van der Waals surface area contributed by atoms with Crippen molar-refractivity contribution in [1.82, 2.24) is 9.97 Å². The number of hydrogen-bond donors (Lipinski definition) is 0. The van der Waals surface area contributed by atoms with Gasteiger partial charge in [-0.1, -0.05) is 13.3 Å². The van der Waals surface area contributed by atoms with Gasteiger partial charge in [-0.15, -0.1) is 11.6 Å². The van der Waals surface area contributed by atoms with Crippen molar-refractivity contribution in [1.29, 1.82) is 0 Å². The van der Waals surface area contributed by atoms with Gasteiger partial charge in [0.15, 0.2) is 0 Å². The number of nitrogens with zero attached hydrogens (tertiary/aromatic N) is 3. The molecule has 0 radical (unpaired) electrons. The maximum atomic E-state index is 5.92. The first-order chi connectivity index (χ1) is 8.86. The van der Waals surface area contributed by atoms with Crippen LogP contribution in [0.3, 0.4) is 0 Å². The van der Waals surface area contributed by atoms with Crippen molar-refractivity contribution >= 4 is 17.4 Å². The van der Waals surface area contributed by atoms with Crippen LogP contribution in [0.4, 0.5) is 5.82 Å². The number of rotatable bonds is 6. The van der Waals surface area contributed by atoms with Crippen LogP contribution in [0.25, 0.3) is 0 Å². The molecule has 3 nitrogen and oxygen atoms in total. The van der Waals surface area contributed by atoms with Gasteiger partial charge in [0.05, 0.1) is 0 Å². The molecule has 0 unspecified atom stereocenters. The summed E-state index contributed by atoms with van der Waals surface area (Å²) in [5.74, 6) is 1.79. The molecule has 1 aromatic heterocycles. The number of aryl methyl sites for hydroxylation is 1. The van der Waals surface area contributed by atoms with Crippen molar-refractivity contribution in [2.45, 2.75) is 45.4 Å². The summed E-state index contributed by atoms with van der Waals surface area (Å²) < 4.78 is 0. The van der Waals surface area contributed by atoms with Gasteiger partial charge in [-0.05, 0) is 32.1 Å². The van der Waals surface area contributed by atoms with Crippen LogP contribution >= 0.6 is 11.6 Å². The van der Waals surface area contributed by atoms with E-state index in [1.165, 1.54) is 36.9 Å². The van der Waals surface area contributed by atoms with E-state index in [-0.39, 0.29) is 0 Å². The zero-order chi connectivity index (χ0) is 12.8. The molecule has 2 rings (SSSR count). The molecule has 0 N–H and O–H groups in total. The quantitative estimate of drug-likeness (QED) is 0.741. The first-order valence-corrected chi connectivity index (χ1v) is 7.54. The Balaban J connectivity index is 2.22. The Kier molecular flexibility index (Phi) is 5.24. The topological polar surface area (TPSA) is 29.0 Å². The molecule has 0 aliphatic heterocycles. The number of fused-ring (bicyclic) bond motifs is 1. The summed E-state index contributed by atoms with van der Waals surface area (Å²) in [7, 11) is 0. The number of anilines is 1. The number of unbranched alkanes of at least 4 members (excludes halogenated alkanes) is 1. The van der Waals surface area contributed by atoms with Gasteiger partial charge in [-0.3, -0.25) is 0 Å². The predicted octanol–water partition coefficient (Wildman–Crippen LogP) is 3.20. The lowest BCUT2D eigenvalue weighted by Gasteiger charge is -2.27. The van der Waals surface area contributed by atoms with Crippen molar-refractivity contribution in [3.05, 3.63) is 17.6 Å². The molecular weight excluding hydrogens is 246 g/mol. The van der Waals surface area contributed by atoms with Gasteiger partial charge in [0.1, 0.15) is 12.1 Å². The van der Waals surface area contributed by atoms with Crippen molar-refractivity contribution in [3.63, 3.8) is 0 Å². The molecule has 0 amide bonds. The molecule has 1 aromatic rings. The lowest BCUT2D eigenvalue weighted by molar-refractivity contribution is 0.649. The fourth-order valence-corrected chi connectivity index (χ4v) is 2.76. The van der Waals surface area contributed by atoms with E-state index in [1.54, 1.807) is 6.33 Å². The summed E-state index contributed by atoms with van der Waals surface area (Å²) in [6.07, 6.45) is 8.85. The van der Waals surface area contributed by atoms with E-state index < -0.39 is 0 Å². The van der Waals surface area contributed by atoms with E-state index in [9.17, 15) is 0 Å². The highest BCUT2D eigenvalue weighted by atomic mass is 35.5. The molecule has 0 bridgehead atoms. The third-order valence-corrected chi connectivity index (χ3v) is 3.71. The second-order valence-corrected chi connectivity index (χ2v) is 5.24. The summed E-state index contributed by atoms with van der Waals surface area (Å²) in [5, 5.41) is 0. The SMILES string of the molecule is CCCCN(CCCl)c1ncnc2c1CCCC2. The maximum absolute atomic E-state index is 5.92. The molecule has 1 aliphatic rings. The van der Waals surface area contributed by atoms with E-state index >= 15 is 0 Å². The number of halogens is 1. The molecule has 0 saturated carbocycles. The van der Waals surface area contributed by atoms with Crippen molar-refractivity contribution < 1.29 is 0 Å². The Morgan fingerprint density at radius 2 is 2.06 bits per heavy atom. The molecule has 1 heterocycles. The molecule has 0 fully saturated rings. The molecule has 0 saturated heterocycles. The largest absolute Gasteiger partial charge is 0.355 e. The van der Waals surface area contributed by atoms with Gasteiger partial charge in [-0.25, -0.2) is 9.97 Å². The summed E-state index contributed by atoms with van der Waals surface area (Å²) >= 11 is 5.92. The molecule has 0 aromatic carbocycles. The van der Waals surface area contributed by atoms with Crippen LogP contribution in [0, 0.1) is 0 Å². The molecule has 4 heteroatoms. The zero-order valence-electron chi connectivity index (χ0n) is 11.2. The van der Waals surface area contributed by atoms with Crippen LogP contribution in [0.2, 0.25) is 0 Å². The molecule has 0 atom stereocenters.